The summed E-state index contributed by atoms with van der Waals surface area (Å²) in [7, 11) is 0. The molecule has 0 saturated carbocycles. The second-order valence-electron chi connectivity index (χ2n) is 5.16. The summed E-state index contributed by atoms with van der Waals surface area (Å²) in [5.74, 6) is 0. The van der Waals surface area contributed by atoms with E-state index in [1.54, 1.807) is 24.5 Å². The van der Waals surface area contributed by atoms with Gasteiger partial charge < -0.3 is 20.2 Å². The van der Waals surface area contributed by atoms with Crippen molar-refractivity contribution in [2.45, 2.75) is 0 Å². The van der Waals surface area contributed by atoms with Crippen molar-refractivity contribution in [2.24, 2.45) is 5.16 Å². The Bertz CT molecular complexity index is 873. The molecule has 0 aliphatic carbocycles. The lowest BCUT2D eigenvalue weighted by molar-refractivity contribution is 0.141. The van der Waals surface area contributed by atoms with E-state index in [1.165, 1.54) is 0 Å². The van der Waals surface area contributed by atoms with Crippen LogP contribution < -0.4 is 5.32 Å². The molecule has 0 aliphatic rings. The van der Waals surface area contributed by atoms with Gasteiger partial charge in [0.15, 0.2) is 0 Å². The first-order valence-electron chi connectivity index (χ1n) is 7.49. The van der Waals surface area contributed by atoms with E-state index in [-0.39, 0.29) is 13.2 Å². The van der Waals surface area contributed by atoms with Crippen LogP contribution in [0.5, 0.6) is 0 Å². The van der Waals surface area contributed by atoms with Crippen molar-refractivity contribution in [3.8, 4) is 0 Å². The van der Waals surface area contributed by atoms with Crippen LogP contribution in [0.3, 0.4) is 0 Å². The number of pyridine rings is 1. The van der Waals surface area contributed by atoms with Crippen LogP contribution in [0, 0.1) is 0 Å². The Hall–Kier alpha value is -3.06. The number of carboxylic acid groups (broad SMARTS) is 1. The zero-order chi connectivity index (χ0) is 17.6. The van der Waals surface area contributed by atoms with Crippen LogP contribution in [0.15, 0.2) is 53.9 Å². The lowest BCUT2D eigenvalue weighted by Gasteiger charge is -2.06. The molecule has 25 heavy (non-hydrogen) atoms. The molecule has 0 unspecified atom stereocenters. The highest BCUT2D eigenvalue weighted by Gasteiger charge is 2.12. The highest BCUT2D eigenvalue weighted by molar-refractivity contribution is 6.30. The predicted octanol–water partition coefficient (Wildman–Crippen LogP) is 3.25. The minimum absolute atomic E-state index is 0.116. The molecule has 2 aromatic heterocycles. The van der Waals surface area contributed by atoms with Gasteiger partial charge in [0.25, 0.3) is 0 Å². The second kappa shape index (κ2) is 7.67. The molecule has 3 rings (SSSR count). The zero-order valence-electron chi connectivity index (χ0n) is 13.1. The van der Waals surface area contributed by atoms with Crippen molar-refractivity contribution in [1.82, 2.24) is 15.3 Å². The number of hydrogen-bond donors (Lipinski definition) is 3. The molecule has 1 aromatic carbocycles. The lowest BCUT2D eigenvalue weighted by atomic mass is 10.1. The van der Waals surface area contributed by atoms with Gasteiger partial charge in [0, 0.05) is 22.2 Å². The normalized spacial score (nSPS) is 11.5. The predicted molar refractivity (Wildman–Crippen MR) is 95.2 cm³/mol. The molecular weight excluding hydrogens is 344 g/mol. The quantitative estimate of drug-likeness (QED) is 0.358. The second-order valence-corrected chi connectivity index (χ2v) is 5.59. The van der Waals surface area contributed by atoms with Crippen LogP contribution in [0.25, 0.3) is 10.9 Å². The van der Waals surface area contributed by atoms with Crippen LogP contribution in [0.4, 0.5) is 4.79 Å². The van der Waals surface area contributed by atoms with E-state index >= 15 is 0 Å². The molecule has 3 aromatic rings. The highest BCUT2D eigenvalue weighted by atomic mass is 35.5. The number of aromatic nitrogens is 2. The van der Waals surface area contributed by atoms with E-state index in [9.17, 15) is 4.79 Å². The molecule has 2 heterocycles. The van der Waals surface area contributed by atoms with Crippen molar-refractivity contribution in [1.29, 1.82) is 0 Å². The van der Waals surface area contributed by atoms with Crippen LogP contribution in [-0.2, 0) is 4.84 Å². The minimum Gasteiger partial charge on any atom is -0.465 e. The van der Waals surface area contributed by atoms with Gasteiger partial charge in [0.1, 0.15) is 12.3 Å². The maximum absolute atomic E-state index is 10.4. The fourth-order valence-electron chi connectivity index (χ4n) is 2.28. The molecule has 0 saturated heterocycles. The first-order valence-corrected chi connectivity index (χ1v) is 7.87. The summed E-state index contributed by atoms with van der Waals surface area (Å²) in [5.41, 5.74) is 3.04. The number of benzene rings is 1. The minimum atomic E-state index is -1.10. The third kappa shape index (κ3) is 4.27. The van der Waals surface area contributed by atoms with Gasteiger partial charge in [-0.1, -0.05) is 28.9 Å². The Morgan fingerprint density at radius 3 is 2.84 bits per heavy atom. The Kier molecular flexibility index (Phi) is 5.15. The molecule has 0 spiro atoms. The van der Waals surface area contributed by atoms with E-state index in [2.05, 4.69) is 20.4 Å². The molecular formula is C17H15ClN4O3. The number of carbonyl (C=O) groups is 1. The average Bonchev–Trinajstić information content (AvgIpc) is 3.02. The molecule has 0 radical (unpaired) electrons. The molecule has 0 bridgehead atoms. The van der Waals surface area contributed by atoms with Crippen molar-refractivity contribution >= 4 is 34.3 Å². The van der Waals surface area contributed by atoms with Gasteiger partial charge in [-0.25, -0.2) is 4.79 Å². The number of amides is 1. The van der Waals surface area contributed by atoms with E-state index in [0.29, 0.717) is 10.7 Å². The van der Waals surface area contributed by atoms with E-state index in [1.807, 2.05) is 24.3 Å². The molecule has 3 N–H and O–H groups in total. The summed E-state index contributed by atoms with van der Waals surface area (Å²) in [6.07, 6.45) is 2.34. The van der Waals surface area contributed by atoms with Crippen LogP contribution in [0.2, 0.25) is 5.02 Å². The van der Waals surface area contributed by atoms with Gasteiger partial charge in [-0.05, 0) is 24.3 Å². The number of nitrogens with zero attached hydrogens (tertiary/aromatic N) is 2. The first kappa shape index (κ1) is 16.8. The summed E-state index contributed by atoms with van der Waals surface area (Å²) in [6.45, 7) is 0.258. The summed E-state index contributed by atoms with van der Waals surface area (Å²) in [5, 5.41) is 16.6. The lowest BCUT2D eigenvalue weighted by Crippen LogP contribution is -2.24. The first-order chi connectivity index (χ1) is 12.1. The van der Waals surface area contributed by atoms with Crippen molar-refractivity contribution in [2.75, 3.05) is 13.2 Å². The monoisotopic (exact) mass is 358 g/mol. The van der Waals surface area contributed by atoms with Crippen molar-refractivity contribution in [3.63, 3.8) is 0 Å². The van der Waals surface area contributed by atoms with E-state index in [4.69, 9.17) is 21.5 Å². The number of oxime groups is 1. The van der Waals surface area contributed by atoms with Crippen LogP contribution >= 0.6 is 11.6 Å². The number of hydrogen-bond acceptors (Lipinski definition) is 4. The van der Waals surface area contributed by atoms with Gasteiger partial charge in [-0.3, -0.25) is 4.98 Å². The number of aromatic amines is 1. The summed E-state index contributed by atoms with van der Waals surface area (Å²) < 4.78 is 0. The number of nitrogens with one attached hydrogen (secondary N) is 2. The Morgan fingerprint density at radius 1 is 1.32 bits per heavy atom. The van der Waals surface area contributed by atoms with E-state index < -0.39 is 6.09 Å². The van der Waals surface area contributed by atoms with Crippen molar-refractivity contribution in [3.05, 3.63) is 65.1 Å². The van der Waals surface area contributed by atoms with Crippen LogP contribution in [-0.4, -0.2) is 40.0 Å². The summed E-state index contributed by atoms with van der Waals surface area (Å²) in [4.78, 5) is 23.1. The summed E-state index contributed by atoms with van der Waals surface area (Å²) in [6, 6.07) is 11.1. The van der Waals surface area contributed by atoms with Gasteiger partial charge in [0.2, 0.25) is 0 Å². The fourth-order valence-corrected chi connectivity index (χ4v) is 2.40. The zero-order valence-corrected chi connectivity index (χ0v) is 13.8. The van der Waals surface area contributed by atoms with Gasteiger partial charge >= 0.3 is 6.09 Å². The third-order valence-corrected chi connectivity index (χ3v) is 3.67. The number of fused-ring (bicyclic) bond motifs is 1. The van der Waals surface area contributed by atoms with Crippen LogP contribution in [0.1, 0.15) is 11.3 Å². The smallest absolute Gasteiger partial charge is 0.404 e. The topological polar surface area (TPSA) is 99.6 Å². The maximum atomic E-state index is 10.4. The van der Waals surface area contributed by atoms with Gasteiger partial charge in [-0.15, -0.1) is 0 Å². The summed E-state index contributed by atoms with van der Waals surface area (Å²) >= 11 is 5.95. The molecule has 0 aliphatic heterocycles. The highest BCUT2D eigenvalue weighted by Crippen LogP contribution is 2.19. The number of rotatable bonds is 6. The maximum Gasteiger partial charge on any atom is 0.404 e. The third-order valence-electron chi connectivity index (χ3n) is 3.42. The van der Waals surface area contributed by atoms with Gasteiger partial charge in [0.05, 0.1) is 24.0 Å². The SMILES string of the molecule is O=C(O)NCCON=C(c1ccc(Cl)cc1)c1cc2ccncc2[nH]1. The number of H-pyrrole nitrogens is 1. The number of halogens is 1. The molecule has 8 heteroatoms. The largest absolute Gasteiger partial charge is 0.465 e. The Balaban J connectivity index is 1.88. The molecule has 0 fully saturated rings. The van der Waals surface area contributed by atoms with Crippen molar-refractivity contribution < 1.29 is 14.7 Å². The molecule has 128 valence electrons. The van der Waals surface area contributed by atoms with E-state index in [0.717, 1.165) is 22.2 Å². The molecule has 0 atom stereocenters. The standard InChI is InChI=1S/C17H15ClN4O3/c18-13-3-1-11(2-4-13)16(22-25-8-7-20-17(23)24)14-9-12-5-6-19-10-15(12)21-14/h1-6,9-10,20-21H,7-8H2,(H,23,24). The molecule has 1 amide bonds. The van der Waals surface area contributed by atoms with Gasteiger partial charge in [-0.2, -0.15) is 0 Å². The average molecular weight is 359 g/mol. The molecule has 7 nitrogen and oxygen atoms in total. The Labute approximate surface area is 148 Å². The Morgan fingerprint density at radius 2 is 2.12 bits per heavy atom. The fraction of sp³-hybridized carbons (Fsp3) is 0.118.